The van der Waals surface area contributed by atoms with Crippen LogP contribution in [-0.2, 0) is 19.1 Å². The molecule has 8 nitrogen and oxygen atoms in total. The number of likely N-dealkylation sites (tertiary alicyclic amines) is 2. The Morgan fingerprint density at radius 2 is 1.97 bits per heavy atom. The van der Waals surface area contributed by atoms with Gasteiger partial charge in [-0.2, -0.15) is 0 Å². The molecule has 2 amide bonds. The molecular formula is C22H38N4O4. The van der Waals surface area contributed by atoms with Crippen LogP contribution in [0.4, 0.5) is 0 Å². The molecule has 0 aliphatic carbocycles. The van der Waals surface area contributed by atoms with E-state index >= 15 is 0 Å². The summed E-state index contributed by atoms with van der Waals surface area (Å²) in [6.45, 7) is 4.64. The standard InChI is InChI=1S/C22H38N4O4/c1-24-17(5-6-20(27)25-10-3-4-18(25)15-29-2)14-23-22(28)21-19(24)7-11-26(21)16-8-12-30-13-9-16/h16-19,21H,3-15H2,1-2H3,(H,23,28). The molecule has 4 fully saturated rings. The second-order valence-electron chi connectivity index (χ2n) is 9.32. The quantitative estimate of drug-likeness (QED) is 0.670. The van der Waals surface area contributed by atoms with Crippen LogP contribution in [0.15, 0.2) is 0 Å². The number of nitrogens with zero attached hydrogens (tertiary/aromatic N) is 3. The molecule has 0 bridgehead atoms. The Morgan fingerprint density at radius 1 is 1.17 bits per heavy atom. The zero-order valence-electron chi connectivity index (χ0n) is 18.6. The minimum absolute atomic E-state index is 0.0801. The molecule has 0 aromatic rings. The van der Waals surface area contributed by atoms with Gasteiger partial charge in [0.25, 0.3) is 0 Å². The summed E-state index contributed by atoms with van der Waals surface area (Å²) in [5.41, 5.74) is 0. The van der Waals surface area contributed by atoms with E-state index in [9.17, 15) is 9.59 Å². The zero-order valence-corrected chi connectivity index (χ0v) is 18.6. The molecule has 0 aromatic heterocycles. The topological polar surface area (TPSA) is 74.3 Å². The first-order chi connectivity index (χ1) is 14.6. The van der Waals surface area contributed by atoms with Crippen molar-refractivity contribution in [1.29, 1.82) is 0 Å². The molecule has 4 aliphatic rings. The van der Waals surface area contributed by atoms with Gasteiger partial charge in [0.05, 0.1) is 12.6 Å². The number of ether oxygens (including phenoxy) is 2. The lowest BCUT2D eigenvalue weighted by atomic mass is 10.0. The van der Waals surface area contributed by atoms with E-state index in [1.165, 1.54) is 0 Å². The van der Waals surface area contributed by atoms with Gasteiger partial charge < -0.3 is 19.7 Å². The number of fused-ring (bicyclic) bond motifs is 1. The Bertz CT molecular complexity index is 612. The van der Waals surface area contributed by atoms with E-state index in [1.807, 2.05) is 4.90 Å². The van der Waals surface area contributed by atoms with Crippen LogP contribution in [0.5, 0.6) is 0 Å². The molecule has 4 rings (SSSR count). The summed E-state index contributed by atoms with van der Waals surface area (Å²) in [7, 11) is 3.84. The maximum atomic E-state index is 13.0. The summed E-state index contributed by atoms with van der Waals surface area (Å²) < 4.78 is 10.8. The van der Waals surface area contributed by atoms with Crippen molar-refractivity contribution in [1.82, 2.24) is 20.0 Å². The van der Waals surface area contributed by atoms with Crippen LogP contribution < -0.4 is 5.32 Å². The Morgan fingerprint density at radius 3 is 2.73 bits per heavy atom. The summed E-state index contributed by atoms with van der Waals surface area (Å²) in [5.74, 6) is 0.384. The number of methoxy groups -OCH3 is 1. The fraction of sp³-hybridized carbons (Fsp3) is 0.909. The molecule has 0 radical (unpaired) electrons. The highest BCUT2D eigenvalue weighted by Gasteiger charge is 2.47. The van der Waals surface area contributed by atoms with Crippen LogP contribution in [0, 0.1) is 0 Å². The van der Waals surface area contributed by atoms with E-state index in [-0.39, 0.29) is 36.0 Å². The number of likely N-dealkylation sites (N-methyl/N-ethyl adjacent to an activating group) is 1. The van der Waals surface area contributed by atoms with Crippen LogP contribution in [0.1, 0.15) is 44.9 Å². The fourth-order valence-electron chi connectivity index (χ4n) is 5.98. The summed E-state index contributed by atoms with van der Waals surface area (Å²) >= 11 is 0. The number of amides is 2. The second kappa shape index (κ2) is 9.94. The number of hydrogen-bond donors (Lipinski definition) is 1. The van der Waals surface area contributed by atoms with Gasteiger partial charge in [0.1, 0.15) is 6.04 Å². The summed E-state index contributed by atoms with van der Waals surface area (Å²) in [5, 5.41) is 3.19. The summed E-state index contributed by atoms with van der Waals surface area (Å²) in [4.78, 5) is 32.7. The Kier molecular flexibility index (Phi) is 7.28. The highest BCUT2D eigenvalue weighted by Crippen LogP contribution is 2.31. The van der Waals surface area contributed by atoms with Crippen molar-refractivity contribution >= 4 is 11.8 Å². The first-order valence-electron chi connectivity index (χ1n) is 11.7. The van der Waals surface area contributed by atoms with Crippen molar-refractivity contribution < 1.29 is 19.1 Å². The van der Waals surface area contributed by atoms with E-state index < -0.39 is 0 Å². The molecule has 4 aliphatic heterocycles. The van der Waals surface area contributed by atoms with E-state index in [2.05, 4.69) is 22.2 Å². The Hall–Kier alpha value is -1.22. The lowest BCUT2D eigenvalue weighted by molar-refractivity contribution is -0.133. The third kappa shape index (κ3) is 4.52. The molecule has 1 N–H and O–H groups in total. The Labute approximate surface area is 180 Å². The normalized spacial score (nSPS) is 34.1. The average molecular weight is 423 g/mol. The van der Waals surface area contributed by atoms with Crippen LogP contribution in [0.25, 0.3) is 0 Å². The highest BCUT2D eigenvalue weighted by molar-refractivity contribution is 5.83. The predicted octanol–water partition coefficient (Wildman–Crippen LogP) is 0.456. The van der Waals surface area contributed by atoms with Gasteiger partial charge in [-0.25, -0.2) is 0 Å². The van der Waals surface area contributed by atoms with Crippen molar-refractivity contribution in [3.8, 4) is 0 Å². The molecule has 4 saturated heterocycles. The van der Waals surface area contributed by atoms with Crippen LogP contribution >= 0.6 is 0 Å². The van der Waals surface area contributed by atoms with E-state index in [1.54, 1.807) is 7.11 Å². The van der Waals surface area contributed by atoms with Gasteiger partial charge in [0.2, 0.25) is 11.8 Å². The molecule has 170 valence electrons. The minimum Gasteiger partial charge on any atom is -0.383 e. The van der Waals surface area contributed by atoms with Gasteiger partial charge in [-0.1, -0.05) is 0 Å². The summed E-state index contributed by atoms with van der Waals surface area (Å²) in [6, 6.07) is 1.01. The smallest absolute Gasteiger partial charge is 0.239 e. The maximum absolute atomic E-state index is 13.0. The number of carbonyl (C=O) groups is 2. The third-order valence-corrected chi connectivity index (χ3v) is 7.69. The highest BCUT2D eigenvalue weighted by atomic mass is 16.5. The SMILES string of the molecule is COCC1CCCN1C(=O)CCC1CNC(=O)C2C(CCN2C2CCOCC2)N1C. The predicted molar refractivity (Wildman–Crippen MR) is 113 cm³/mol. The monoisotopic (exact) mass is 422 g/mol. The molecule has 4 unspecified atom stereocenters. The van der Waals surface area contributed by atoms with Crippen molar-refractivity contribution in [2.75, 3.05) is 53.6 Å². The molecule has 30 heavy (non-hydrogen) atoms. The van der Waals surface area contributed by atoms with Gasteiger partial charge in [0, 0.05) is 64.5 Å². The number of nitrogens with one attached hydrogen (secondary N) is 1. The van der Waals surface area contributed by atoms with Crippen molar-refractivity contribution in [2.24, 2.45) is 0 Å². The van der Waals surface area contributed by atoms with Crippen molar-refractivity contribution in [3.63, 3.8) is 0 Å². The van der Waals surface area contributed by atoms with Gasteiger partial charge >= 0.3 is 0 Å². The lowest BCUT2D eigenvalue weighted by Gasteiger charge is -2.37. The maximum Gasteiger partial charge on any atom is 0.239 e. The van der Waals surface area contributed by atoms with E-state index in [0.717, 1.165) is 64.8 Å². The number of carbonyl (C=O) groups excluding carboxylic acids is 2. The van der Waals surface area contributed by atoms with Crippen LogP contribution in [0.2, 0.25) is 0 Å². The van der Waals surface area contributed by atoms with Gasteiger partial charge in [0.15, 0.2) is 0 Å². The molecule has 4 heterocycles. The minimum atomic E-state index is -0.0801. The van der Waals surface area contributed by atoms with Crippen LogP contribution in [-0.4, -0.2) is 110 Å². The zero-order chi connectivity index (χ0) is 21.1. The molecular weight excluding hydrogens is 384 g/mol. The molecule has 0 spiro atoms. The molecule has 4 atom stereocenters. The molecule has 0 aromatic carbocycles. The van der Waals surface area contributed by atoms with Crippen molar-refractivity contribution in [3.05, 3.63) is 0 Å². The first-order valence-corrected chi connectivity index (χ1v) is 11.7. The van der Waals surface area contributed by atoms with Gasteiger partial charge in [-0.05, 0) is 45.6 Å². The lowest BCUT2D eigenvalue weighted by Crippen LogP contribution is -2.53. The first kappa shape index (κ1) is 22.0. The van der Waals surface area contributed by atoms with Gasteiger partial charge in [-0.3, -0.25) is 19.4 Å². The molecule has 0 saturated carbocycles. The van der Waals surface area contributed by atoms with E-state index in [4.69, 9.17) is 9.47 Å². The average Bonchev–Trinajstić information content (AvgIpc) is 3.39. The van der Waals surface area contributed by atoms with Gasteiger partial charge in [-0.15, -0.1) is 0 Å². The second-order valence-corrected chi connectivity index (χ2v) is 9.32. The Balaban J connectivity index is 1.36. The largest absolute Gasteiger partial charge is 0.383 e. The van der Waals surface area contributed by atoms with E-state index in [0.29, 0.717) is 25.6 Å². The van der Waals surface area contributed by atoms with Crippen LogP contribution in [0.3, 0.4) is 0 Å². The summed E-state index contributed by atoms with van der Waals surface area (Å²) in [6.07, 6.45) is 6.44. The van der Waals surface area contributed by atoms with Crippen molar-refractivity contribution in [2.45, 2.75) is 75.2 Å². The fourth-order valence-corrected chi connectivity index (χ4v) is 5.98. The molecule has 8 heteroatoms. The number of rotatable bonds is 6. The number of hydrogen-bond acceptors (Lipinski definition) is 6. The third-order valence-electron chi connectivity index (χ3n) is 7.69.